The molecule has 7 heteroatoms. The van der Waals surface area contributed by atoms with E-state index >= 15 is 0 Å². The first-order valence-electron chi connectivity index (χ1n) is 8.35. The Morgan fingerprint density at radius 3 is 2.15 bits per heavy atom. The molecule has 27 heavy (non-hydrogen) atoms. The summed E-state index contributed by atoms with van der Waals surface area (Å²) in [5, 5.41) is 3.19. The molecule has 0 amide bonds. The lowest BCUT2D eigenvalue weighted by atomic mass is 10.2. The topological polar surface area (TPSA) is 68.7 Å². The van der Waals surface area contributed by atoms with E-state index in [9.17, 15) is 0 Å². The normalized spacial score (nSPS) is 10.2. The Kier molecular flexibility index (Phi) is 5.61. The van der Waals surface area contributed by atoms with Gasteiger partial charge in [-0.1, -0.05) is 18.2 Å². The van der Waals surface area contributed by atoms with Crippen molar-refractivity contribution in [1.82, 2.24) is 9.97 Å². The fourth-order valence-corrected chi connectivity index (χ4v) is 2.66. The lowest BCUT2D eigenvalue weighted by molar-refractivity contribution is 0.324. The van der Waals surface area contributed by atoms with Gasteiger partial charge in [0.25, 0.3) is 0 Å². The highest BCUT2D eigenvalue weighted by Crippen LogP contribution is 2.40. The van der Waals surface area contributed by atoms with Crippen LogP contribution in [0.1, 0.15) is 0 Å². The first-order valence-corrected chi connectivity index (χ1v) is 8.35. The SMILES string of the molecule is COc1cc(Nc2nccc(N(C)c3ccccc3)n2)cc(OC)c1OC. The van der Waals surface area contributed by atoms with Crippen LogP contribution in [0.4, 0.5) is 23.1 Å². The van der Waals surface area contributed by atoms with Gasteiger partial charge in [0, 0.05) is 36.8 Å². The van der Waals surface area contributed by atoms with Gasteiger partial charge in [-0.05, 0) is 18.2 Å². The van der Waals surface area contributed by atoms with Crippen molar-refractivity contribution in [1.29, 1.82) is 0 Å². The monoisotopic (exact) mass is 366 g/mol. The molecule has 0 aliphatic rings. The van der Waals surface area contributed by atoms with E-state index in [1.165, 1.54) is 0 Å². The van der Waals surface area contributed by atoms with Crippen molar-refractivity contribution in [3.05, 3.63) is 54.7 Å². The van der Waals surface area contributed by atoms with E-state index in [0.29, 0.717) is 23.2 Å². The fraction of sp³-hybridized carbons (Fsp3) is 0.200. The number of ether oxygens (including phenoxy) is 3. The molecule has 0 saturated heterocycles. The van der Waals surface area contributed by atoms with Gasteiger partial charge in [-0.25, -0.2) is 4.98 Å². The second kappa shape index (κ2) is 8.27. The zero-order chi connectivity index (χ0) is 19.2. The molecule has 3 rings (SSSR count). The lowest BCUT2D eigenvalue weighted by Gasteiger charge is -2.19. The average Bonchev–Trinajstić information content (AvgIpc) is 2.73. The molecule has 0 bridgehead atoms. The Morgan fingerprint density at radius 2 is 1.56 bits per heavy atom. The largest absolute Gasteiger partial charge is 0.493 e. The van der Waals surface area contributed by atoms with Crippen LogP contribution < -0.4 is 24.4 Å². The van der Waals surface area contributed by atoms with E-state index in [2.05, 4.69) is 15.3 Å². The summed E-state index contributed by atoms with van der Waals surface area (Å²) in [7, 11) is 6.68. The minimum atomic E-state index is 0.463. The van der Waals surface area contributed by atoms with E-state index in [4.69, 9.17) is 14.2 Å². The van der Waals surface area contributed by atoms with Crippen LogP contribution in [-0.4, -0.2) is 38.3 Å². The van der Waals surface area contributed by atoms with Gasteiger partial charge in [0.2, 0.25) is 11.7 Å². The number of rotatable bonds is 7. The number of nitrogens with one attached hydrogen (secondary N) is 1. The molecular weight excluding hydrogens is 344 g/mol. The van der Waals surface area contributed by atoms with E-state index in [0.717, 1.165) is 17.2 Å². The summed E-state index contributed by atoms with van der Waals surface area (Å²) in [4.78, 5) is 10.9. The molecule has 1 heterocycles. The van der Waals surface area contributed by atoms with E-state index in [1.807, 2.05) is 48.3 Å². The van der Waals surface area contributed by atoms with Gasteiger partial charge in [0.15, 0.2) is 11.5 Å². The molecule has 7 nitrogen and oxygen atoms in total. The Balaban J connectivity index is 1.88. The van der Waals surface area contributed by atoms with Crippen molar-refractivity contribution in [3.8, 4) is 17.2 Å². The maximum absolute atomic E-state index is 5.38. The number of para-hydroxylation sites is 1. The molecule has 1 aromatic heterocycles. The van der Waals surface area contributed by atoms with Gasteiger partial charge in [0.05, 0.1) is 21.3 Å². The Morgan fingerprint density at radius 1 is 0.889 bits per heavy atom. The predicted octanol–water partition coefficient (Wildman–Crippen LogP) is 4.01. The number of nitrogens with zero attached hydrogens (tertiary/aromatic N) is 3. The van der Waals surface area contributed by atoms with Crippen LogP contribution in [0.15, 0.2) is 54.7 Å². The summed E-state index contributed by atoms with van der Waals surface area (Å²) in [5.74, 6) is 2.87. The summed E-state index contributed by atoms with van der Waals surface area (Å²) in [6.07, 6.45) is 1.71. The molecule has 0 spiro atoms. The fourth-order valence-electron chi connectivity index (χ4n) is 2.66. The number of benzene rings is 2. The third-order valence-electron chi connectivity index (χ3n) is 4.05. The zero-order valence-corrected chi connectivity index (χ0v) is 15.8. The summed E-state index contributed by atoms with van der Waals surface area (Å²) < 4.78 is 16.1. The molecule has 2 aromatic carbocycles. The van der Waals surface area contributed by atoms with Crippen molar-refractivity contribution >= 4 is 23.1 Å². The van der Waals surface area contributed by atoms with E-state index < -0.39 is 0 Å². The van der Waals surface area contributed by atoms with Crippen molar-refractivity contribution in [2.24, 2.45) is 0 Å². The van der Waals surface area contributed by atoms with Gasteiger partial charge < -0.3 is 24.4 Å². The molecule has 3 aromatic rings. The predicted molar refractivity (Wildman–Crippen MR) is 106 cm³/mol. The molecule has 0 atom stereocenters. The molecule has 0 fully saturated rings. The van der Waals surface area contributed by atoms with E-state index in [1.54, 1.807) is 39.7 Å². The van der Waals surface area contributed by atoms with Crippen molar-refractivity contribution in [2.45, 2.75) is 0 Å². The van der Waals surface area contributed by atoms with Crippen molar-refractivity contribution < 1.29 is 14.2 Å². The molecule has 1 N–H and O–H groups in total. The second-order valence-electron chi connectivity index (χ2n) is 5.67. The standard InChI is InChI=1S/C20H22N4O3/c1-24(15-8-6-5-7-9-15)18-10-11-21-20(23-18)22-14-12-16(25-2)19(27-4)17(13-14)26-3/h5-13H,1-4H3,(H,21,22,23). The highest BCUT2D eigenvalue weighted by Gasteiger charge is 2.14. The van der Waals surface area contributed by atoms with Gasteiger partial charge in [-0.15, -0.1) is 0 Å². The molecular formula is C20H22N4O3. The smallest absolute Gasteiger partial charge is 0.229 e. The van der Waals surface area contributed by atoms with Crippen LogP contribution >= 0.6 is 0 Å². The number of aromatic nitrogens is 2. The molecule has 0 radical (unpaired) electrons. The van der Waals surface area contributed by atoms with Crippen LogP contribution in [0.3, 0.4) is 0 Å². The molecule has 0 aliphatic carbocycles. The first kappa shape index (κ1) is 18.3. The molecule has 0 saturated carbocycles. The highest BCUT2D eigenvalue weighted by molar-refractivity contribution is 5.67. The lowest BCUT2D eigenvalue weighted by Crippen LogP contribution is -2.12. The Labute approximate surface area is 158 Å². The van der Waals surface area contributed by atoms with Crippen LogP contribution in [0, 0.1) is 0 Å². The number of methoxy groups -OCH3 is 3. The van der Waals surface area contributed by atoms with Crippen LogP contribution in [-0.2, 0) is 0 Å². The number of anilines is 4. The van der Waals surface area contributed by atoms with Gasteiger partial charge >= 0.3 is 0 Å². The van der Waals surface area contributed by atoms with Gasteiger partial charge in [0.1, 0.15) is 5.82 Å². The van der Waals surface area contributed by atoms with E-state index in [-0.39, 0.29) is 0 Å². The Hall–Kier alpha value is -3.48. The minimum absolute atomic E-state index is 0.463. The number of hydrogen-bond donors (Lipinski definition) is 1. The maximum atomic E-state index is 5.38. The number of hydrogen-bond acceptors (Lipinski definition) is 7. The first-order chi connectivity index (χ1) is 13.2. The molecule has 0 unspecified atom stereocenters. The highest BCUT2D eigenvalue weighted by atomic mass is 16.5. The maximum Gasteiger partial charge on any atom is 0.229 e. The third-order valence-corrected chi connectivity index (χ3v) is 4.05. The van der Waals surface area contributed by atoms with Gasteiger partial charge in [-0.2, -0.15) is 4.98 Å². The van der Waals surface area contributed by atoms with Gasteiger partial charge in [-0.3, -0.25) is 0 Å². The zero-order valence-electron chi connectivity index (χ0n) is 15.8. The third kappa shape index (κ3) is 4.03. The summed E-state index contributed by atoms with van der Waals surface area (Å²) in [6.45, 7) is 0. The van der Waals surface area contributed by atoms with Crippen LogP contribution in [0.2, 0.25) is 0 Å². The van der Waals surface area contributed by atoms with Crippen molar-refractivity contribution in [3.63, 3.8) is 0 Å². The van der Waals surface area contributed by atoms with Crippen molar-refractivity contribution in [2.75, 3.05) is 38.6 Å². The quantitative estimate of drug-likeness (QED) is 0.677. The van der Waals surface area contributed by atoms with Crippen LogP contribution in [0.25, 0.3) is 0 Å². The second-order valence-corrected chi connectivity index (χ2v) is 5.67. The Bertz CT molecular complexity index is 878. The molecule has 140 valence electrons. The average molecular weight is 366 g/mol. The molecule has 0 aliphatic heterocycles. The summed E-state index contributed by atoms with van der Waals surface area (Å²) in [6, 6.07) is 15.5. The summed E-state index contributed by atoms with van der Waals surface area (Å²) in [5.41, 5.74) is 1.76. The van der Waals surface area contributed by atoms with Crippen LogP contribution in [0.5, 0.6) is 17.2 Å². The summed E-state index contributed by atoms with van der Waals surface area (Å²) >= 11 is 0. The minimum Gasteiger partial charge on any atom is -0.493 e.